The Labute approximate surface area is 191 Å². The molecular formula is C25H27FN6O. The van der Waals surface area contributed by atoms with Gasteiger partial charge in [-0.25, -0.2) is 19.0 Å². The van der Waals surface area contributed by atoms with Crippen LogP contribution in [0, 0.1) is 29.5 Å². The Hall–Kier alpha value is -3.05. The number of rotatable bonds is 4. The highest BCUT2D eigenvalue weighted by molar-refractivity contribution is 5.81. The molecule has 2 aliphatic heterocycles. The lowest BCUT2D eigenvalue weighted by Gasteiger charge is -2.45. The average Bonchev–Trinajstić information content (AvgIpc) is 3.38. The van der Waals surface area contributed by atoms with E-state index in [-0.39, 0.29) is 11.2 Å². The van der Waals surface area contributed by atoms with E-state index in [0.717, 1.165) is 37.1 Å². The van der Waals surface area contributed by atoms with E-state index in [4.69, 9.17) is 4.98 Å². The molecule has 0 spiro atoms. The number of halogens is 1. The van der Waals surface area contributed by atoms with Crippen molar-refractivity contribution in [1.29, 1.82) is 5.26 Å². The lowest BCUT2D eigenvalue weighted by Crippen LogP contribution is -2.50. The first-order valence-electron chi connectivity index (χ1n) is 11.6. The standard InChI is InChI=1S/C25H27FN6O/c1-15-29-21(31-14-25(23(2,3)33)10-17(31)11-25)9-22(30-15)32-20-8-18(24(13-27)5-4-6-24)19(26)7-16(20)12-28-32/h7-9,12,17,33H,4-6,10-11,14H2,1-3H3. The van der Waals surface area contributed by atoms with E-state index in [0.29, 0.717) is 41.5 Å². The molecule has 0 radical (unpaired) electrons. The van der Waals surface area contributed by atoms with Gasteiger partial charge in [0.15, 0.2) is 5.82 Å². The summed E-state index contributed by atoms with van der Waals surface area (Å²) < 4.78 is 16.6. The molecule has 0 atom stereocenters. The van der Waals surface area contributed by atoms with E-state index in [2.05, 4.69) is 21.1 Å². The van der Waals surface area contributed by atoms with Crippen molar-refractivity contribution in [1.82, 2.24) is 19.7 Å². The minimum absolute atomic E-state index is 0.101. The van der Waals surface area contributed by atoms with E-state index in [1.165, 1.54) is 6.07 Å². The number of aliphatic hydroxyl groups is 1. The van der Waals surface area contributed by atoms with Crippen LogP contribution in [0.1, 0.15) is 57.3 Å². The topological polar surface area (TPSA) is 90.9 Å². The summed E-state index contributed by atoms with van der Waals surface area (Å²) in [5.41, 5.74) is -0.405. The van der Waals surface area contributed by atoms with Crippen LogP contribution in [0.4, 0.5) is 10.2 Å². The Morgan fingerprint density at radius 2 is 1.91 bits per heavy atom. The number of aromatic nitrogens is 4. The fraction of sp³-hybridized carbons (Fsp3) is 0.520. The second-order valence-corrected chi connectivity index (χ2v) is 10.7. The van der Waals surface area contributed by atoms with Crippen molar-refractivity contribution in [3.8, 4) is 11.9 Å². The monoisotopic (exact) mass is 446 g/mol. The zero-order chi connectivity index (χ0) is 23.2. The van der Waals surface area contributed by atoms with E-state index in [1.54, 1.807) is 16.9 Å². The van der Waals surface area contributed by atoms with E-state index in [9.17, 15) is 14.8 Å². The maximum atomic E-state index is 14.9. The number of nitriles is 1. The molecule has 2 saturated heterocycles. The molecule has 0 unspecified atom stereocenters. The number of hydrogen-bond donors (Lipinski definition) is 1. The number of nitrogens with zero attached hydrogens (tertiary/aromatic N) is 6. The van der Waals surface area contributed by atoms with E-state index < -0.39 is 11.0 Å². The first-order valence-corrected chi connectivity index (χ1v) is 11.6. The third-order valence-electron chi connectivity index (χ3n) is 8.38. The SMILES string of the molecule is Cc1nc(N2CC3(C(C)(C)O)CC2C3)cc(-n2ncc3cc(F)c(C4(C#N)CCC4)cc32)n1. The van der Waals surface area contributed by atoms with Gasteiger partial charge in [-0.1, -0.05) is 0 Å². The number of hydrogen-bond acceptors (Lipinski definition) is 6. The van der Waals surface area contributed by atoms with Crippen LogP contribution in [0.2, 0.25) is 0 Å². The summed E-state index contributed by atoms with van der Waals surface area (Å²) in [7, 11) is 0. The summed E-state index contributed by atoms with van der Waals surface area (Å²) in [6.45, 7) is 6.41. The fourth-order valence-electron chi connectivity index (χ4n) is 5.97. The second kappa shape index (κ2) is 6.51. The van der Waals surface area contributed by atoms with Crippen molar-refractivity contribution in [2.75, 3.05) is 11.4 Å². The maximum Gasteiger partial charge on any atom is 0.159 e. The predicted octanol–water partition coefficient (Wildman–Crippen LogP) is 3.95. The van der Waals surface area contributed by atoms with Crippen molar-refractivity contribution >= 4 is 16.7 Å². The number of aryl methyl sites for hydroxylation is 1. The summed E-state index contributed by atoms with van der Waals surface area (Å²) in [6.07, 6.45) is 5.83. The van der Waals surface area contributed by atoms with Gasteiger partial charge in [-0.05, 0) is 65.0 Å². The first kappa shape index (κ1) is 20.5. The summed E-state index contributed by atoms with van der Waals surface area (Å²) in [4.78, 5) is 11.6. The van der Waals surface area contributed by atoms with Crippen LogP contribution in [0.15, 0.2) is 24.4 Å². The Bertz CT molecular complexity index is 1320. The van der Waals surface area contributed by atoms with Gasteiger partial charge in [0.05, 0.1) is 28.8 Å². The second-order valence-electron chi connectivity index (χ2n) is 10.7. The number of benzene rings is 1. The first-order chi connectivity index (χ1) is 15.6. The molecule has 0 amide bonds. The quantitative estimate of drug-likeness (QED) is 0.653. The molecule has 2 aliphatic carbocycles. The third-order valence-corrected chi connectivity index (χ3v) is 8.38. The molecule has 1 aromatic carbocycles. The molecule has 7 nitrogen and oxygen atoms in total. The van der Waals surface area contributed by atoms with Gasteiger partial charge in [-0.15, -0.1) is 0 Å². The zero-order valence-electron chi connectivity index (χ0n) is 19.1. The number of anilines is 1. The highest BCUT2D eigenvalue weighted by Crippen LogP contribution is 2.58. The van der Waals surface area contributed by atoms with Gasteiger partial charge < -0.3 is 10.0 Å². The molecule has 2 saturated carbocycles. The lowest BCUT2D eigenvalue weighted by atomic mass is 9.61. The molecule has 2 bridgehead atoms. The smallest absolute Gasteiger partial charge is 0.159 e. The average molecular weight is 447 g/mol. The normalized spacial score (nSPS) is 25.6. The molecule has 170 valence electrons. The predicted molar refractivity (Wildman–Crippen MR) is 122 cm³/mol. The molecule has 2 aromatic heterocycles. The van der Waals surface area contributed by atoms with Crippen LogP contribution in [-0.2, 0) is 5.41 Å². The van der Waals surface area contributed by atoms with Crippen LogP contribution in [0.3, 0.4) is 0 Å². The molecule has 3 aromatic rings. The fourth-order valence-corrected chi connectivity index (χ4v) is 5.97. The molecule has 7 rings (SSSR count). The molecule has 4 fully saturated rings. The minimum atomic E-state index is -0.748. The summed E-state index contributed by atoms with van der Waals surface area (Å²) >= 11 is 0. The van der Waals surface area contributed by atoms with Crippen molar-refractivity contribution in [3.63, 3.8) is 0 Å². The van der Waals surface area contributed by atoms with Crippen molar-refractivity contribution < 1.29 is 9.50 Å². The van der Waals surface area contributed by atoms with Gasteiger partial charge in [0.2, 0.25) is 0 Å². The van der Waals surface area contributed by atoms with Crippen molar-refractivity contribution in [3.05, 3.63) is 41.6 Å². The van der Waals surface area contributed by atoms with Gasteiger partial charge in [0, 0.05) is 35.0 Å². The maximum absolute atomic E-state index is 14.9. The molecule has 1 N–H and O–H groups in total. The van der Waals surface area contributed by atoms with Crippen LogP contribution < -0.4 is 4.90 Å². The zero-order valence-corrected chi connectivity index (χ0v) is 19.1. The largest absolute Gasteiger partial charge is 0.390 e. The molecule has 4 heterocycles. The van der Waals surface area contributed by atoms with Crippen LogP contribution in [0.5, 0.6) is 0 Å². The lowest BCUT2D eigenvalue weighted by molar-refractivity contribution is -0.0754. The molecule has 8 heteroatoms. The van der Waals surface area contributed by atoms with Gasteiger partial charge >= 0.3 is 0 Å². The Balaban J connectivity index is 1.42. The van der Waals surface area contributed by atoms with E-state index >= 15 is 0 Å². The Kier molecular flexibility index (Phi) is 4.05. The highest BCUT2D eigenvalue weighted by Gasteiger charge is 2.62. The Morgan fingerprint density at radius 1 is 1.18 bits per heavy atom. The summed E-state index contributed by atoms with van der Waals surface area (Å²) in [5, 5.41) is 25.6. The van der Waals surface area contributed by atoms with Crippen LogP contribution in [-0.4, -0.2) is 43.0 Å². The van der Waals surface area contributed by atoms with Gasteiger partial charge in [-0.2, -0.15) is 10.4 Å². The highest BCUT2D eigenvalue weighted by atomic mass is 19.1. The molecular weight excluding hydrogens is 419 g/mol. The van der Waals surface area contributed by atoms with Crippen molar-refractivity contribution in [2.45, 2.75) is 69.9 Å². The van der Waals surface area contributed by atoms with Crippen molar-refractivity contribution in [2.24, 2.45) is 5.41 Å². The molecule has 33 heavy (non-hydrogen) atoms. The van der Waals surface area contributed by atoms with Crippen LogP contribution >= 0.6 is 0 Å². The molecule has 4 aliphatic rings. The summed E-state index contributed by atoms with van der Waals surface area (Å²) in [5.74, 6) is 1.72. The van der Waals surface area contributed by atoms with Gasteiger partial charge in [0.1, 0.15) is 17.5 Å². The Morgan fingerprint density at radius 3 is 2.52 bits per heavy atom. The van der Waals surface area contributed by atoms with Crippen LogP contribution in [0.25, 0.3) is 16.7 Å². The summed E-state index contributed by atoms with van der Waals surface area (Å²) in [6, 6.07) is 7.88. The van der Waals surface area contributed by atoms with Gasteiger partial charge in [0.25, 0.3) is 0 Å². The third kappa shape index (κ3) is 2.78. The van der Waals surface area contributed by atoms with Gasteiger partial charge in [-0.3, -0.25) is 0 Å². The minimum Gasteiger partial charge on any atom is -0.390 e. The van der Waals surface area contributed by atoms with E-state index in [1.807, 2.05) is 26.8 Å². The number of fused-ring (bicyclic) bond motifs is 2.